The predicted octanol–water partition coefficient (Wildman–Crippen LogP) is 5.92. The zero-order valence-electron chi connectivity index (χ0n) is 16.5. The van der Waals surface area contributed by atoms with Crippen LogP contribution >= 0.6 is 0 Å². The van der Waals surface area contributed by atoms with Gasteiger partial charge in [0.05, 0.1) is 5.60 Å². The van der Waals surface area contributed by atoms with Crippen LogP contribution in [0.25, 0.3) is 0 Å². The van der Waals surface area contributed by atoms with Crippen molar-refractivity contribution in [2.75, 3.05) is 0 Å². The van der Waals surface area contributed by atoms with Crippen molar-refractivity contribution in [2.45, 2.75) is 110 Å². The van der Waals surface area contributed by atoms with E-state index in [0.717, 1.165) is 43.4 Å². The lowest BCUT2D eigenvalue weighted by Crippen LogP contribution is -2.50. The summed E-state index contributed by atoms with van der Waals surface area (Å²) >= 11 is 0. The Morgan fingerprint density at radius 2 is 1.58 bits per heavy atom. The van der Waals surface area contributed by atoms with Crippen LogP contribution in [0, 0.1) is 29.1 Å². The average Bonchev–Trinajstić information content (AvgIpc) is 3.06. The highest BCUT2D eigenvalue weighted by Gasteiger charge is 2.48. The molecule has 0 heterocycles. The van der Waals surface area contributed by atoms with Gasteiger partial charge in [0.1, 0.15) is 0 Å². The van der Waals surface area contributed by atoms with E-state index in [9.17, 15) is 5.11 Å². The SMILES string of the molecule is CCC(CC)(OC(O)C1(C)CC2CC(C)CC(C2)C1)C1CCCC1. The van der Waals surface area contributed by atoms with E-state index in [0.29, 0.717) is 5.92 Å². The lowest BCUT2D eigenvalue weighted by Gasteiger charge is -2.51. The molecule has 0 saturated heterocycles. The van der Waals surface area contributed by atoms with Crippen LogP contribution in [-0.2, 0) is 4.74 Å². The van der Waals surface area contributed by atoms with Gasteiger partial charge in [-0.25, -0.2) is 0 Å². The molecule has 3 saturated carbocycles. The van der Waals surface area contributed by atoms with E-state index in [1.165, 1.54) is 44.9 Å². The van der Waals surface area contributed by atoms with E-state index < -0.39 is 6.29 Å². The van der Waals surface area contributed by atoms with Gasteiger partial charge in [-0.15, -0.1) is 0 Å². The van der Waals surface area contributed by atoms with Gasteiger partial charge in [-0.2, -0.15) is 0 Å². The summed E-state index contributed by atoms with van der Waals surface area (Å²) in [6, 6.07) is 0. The van der Waals surface area contributed by atoms with Gasteiger partial charge in [0, 0.05) is 5.41 Å². The highest BCUT2D eigenvalue weighted by Crippen LogP contribution is 2.53. The quantitative estimate of drug-likeness (QED) is 0.610. The van der Waals surface area contributed by atoms with Crippen molar-refractivity contribution >= 4 is 0 Å². The Balaban J connectivity index is 1.71. The van der Waals surface area contributed by atoms with Crippen LogP contribution in [0.1, 0.15) is 98.3 Å². The standard InChI is InChI=1S/C22H40O2/c1-5-22(6-2,19-9-7-8-10-19)24-20(23)21(4)14-17-11-16(3)12-18(13-17)15-21/h16-20,23H,5-15H2,1-4H3. The highest BCUT2D eigenvalue weighted by molar-refractivity contribution is 4.96. The summed E-state index contributed by atoms with van der Waals surface area (Å²) in [6.45, 7) is 9.23. The molecule has 3 aliphatic carbocycles. The summed E-state index contributed by atoms with van der Waals surface area (Å²) in [5, 5.41) is 11.2. The average molecular weight is 337 g/mol. The van der Waals surface area contributed by atoms with Gasteiger partial charge in [0.2, 0.25) is 0 Å². The van der Waals surface area contributed by atoms with E-state index in [1.54, 1.807) is 0 Å². The van der Waals surface area contributed by atoms with E-state index >= 15 is 0 Å². The summed E-state index contributed by atoms with van der Waals surface area (Å²) in [5.41, 5.74) is -0.138. The molecule has 140 valence electrons. The molecule has 1 N–H and O–H groups in total. The molecule has 3 fully saturated rings. The largest absolute Gasteiger partial charge is 0.367 e. The molecule has 3 unspecified atom stereocenters. The second-order valence-corrected chi connectivity index (χ2v) is 9.83. The van der Waals surface area contributed by atoms with Gasteiger partial charge in [0.15, 0.2) is 6.29 Å². The molecule has 0 radical (unpaired) electrons. The molecule has 24 heavy (non-hydrogen) atoms. The van der Waals surface area contributed by atoms with Crippen LogP contribution in [0.4, 0.5) is 0 Å². The Morgan fingerprint density at radius 1 is 1.04 bits per heavy atom. The molecular formula is C22H40O2. The summed E-state index contributed by atoms with van der Waals surface area (Å²) < 4.78 is 6.61. The van der Waals surface area contributed by atoms with Crippen molar-refractivity contribution in [2.24, 2.45) is 29.1 Å². The molecule has 0 aromatic carbocycles. The minimum Gasteiger partial charge on any atom is -0.367 e. The second kappa shape index (κ2) is 7.27. The molecule has 3 aliphatic rings. The summed E-state index contributed by atoms with van der Waals surface area (Å²) in [6.07, 6.45) is 13.1. The third-order valence-corrected chi connectivity index (χ3v) is 7.89. The third kappa shape index (κ3) is 3.56. The first-order chi connectivity index (χ1) is 11.4. The number of hydrogen-bond donors (Lipinski definition) is 1. The van der Waals surface area contributed by atoms with Crippen LogP contribution in [0.5, 0.6) is 0 Å². The maximum atomic E-state index is 11.2. The molecule has 0 aromatic heterocycles. The molecule has 2 bridgehead atoms. The number of fused-ring (bicyclic) bond motifs is 2. The van der Waals surface area contributed by atoms with Gasteiger partial charge < -0.3 is 9.84 Å². The van der Waals surface area contributed by atoms with E-state index in [2.05, 4.69) is 27.7 Å². The summed E-state index contributed by atoms with van der Waals surface area (Å²) in [4.78, 5) is 0. The van der Waals surface area contributed by atoms with Gasteiger partial charge >= 0.3 is 0 Å². The van der Waals surface area contributed by atoms with Crippen molar-refractivity contribution in [3.63, 3.8) is 0 Å². The molecular weight excluding hydrogens is 296 g/mol. The minimum atomic E-state index is -0.586. The van der Waals surface area contributed by atoms with Crippen LogP contribution in [-0.4, -0.2) is 17.0 Å². The van der Waals surface area contributed by atoms with Crippen LogP contribution < -0.4 is 0 Å². The fraction of sp³-hybridized carbons (Fsp3) is 1.00. The number of aliphatic hydroxyl groups is 1. The van der Waals surface area contributed by atoms with Gasteiger partial charge in [-0.3, -0.25) is 0 Å². The Kier molecular flexibility index (Phi) is 5.67. The smallest absolute Gasteiger partial charge is 0.160 e. The molecule has 0 spiro atoms. The van der Waals surface area contributed by atoms with Gasteiger partial charge in [-0.05, 0) is 81.5 Å². The lowest BCUT2D eigenvalue weighted by atomic mass is 9.59. The van der Waals surface area contributed by atoms with Crippen molar-refractivity contribution in [1.29, 1.82) is 0 Å². The lowest BCUT2D eigenvalue weighted by molar-refractivity contribution is -0.264. The Morgan fingerprint density at radius 3 is 2.08 bits per heavy atom. The topological polar surface area (TPSA) is 29.5 Å². The van der Waals surface area contributed by atoms with E-state index in [1.807, 2.05) is 0 Å². The number of aliphatic hydroxyl groups excluding tert-OH is 1. The Bertz CT molecular complexity index is 390. The molecule has 0 amide bonds. The Hall–Kier alpha value is -0.0800. The van der Waals surface area contributed by atoms with E-state index in [4.69, 9.17) is 4.74 Å². The van der Waals surface area contributed by atoms with Gasteiger partial charge in [0.25, 0.3) is 0 Å². The molecule has 3 rings (SSSR count). The fourth-order valence-corrected chi connectivity index (χ4v) is 6.74. The molecule has 3 atom stereocenters. The highest BCUT2D eigenvalue weighted by atomic mass is 16.6. The third-order valence-electron chi connectivity index (χ3n) is 7.89. The predicted molar refractivity (Wildman–Crippen MR) is 99.7 cm³/mol. The maximum absolute atomic E-state index is 11.2. The van der Waals surface area contributed by atoms with Crippen molar-refractivity contribution < 1.29 is 9.84 Å². The van der Waals surface area contributed by atoms with Crippen molar-refractivity contribution in [3.05, 3.63) is 0 Å². The first-order valence-electron chi connectivity index (χ1n) is 10.8. The van der Waals surface area contributed by atoms with Crippen molar-refractivity contribution in [3.8, 4) is 0 Å². The first-order valence-corrected chi connectivity index (χ1v) is 10.8. The van der Waals surface area contributed by atoms with Gasteiger partial charge in [-0.1, -0.05) is 40.5 Å². The zero-order valence-corrected chi connectivity index (χ0v) is 16.5. The van der Waals surface area contributed by atoms with Crippen molar-refractivity contribution in [1.82, 2.24) is 0 Å². The zero-order chi connectivity index (χ0) is 17.4. The fourth-order valence-electron chi connectivity index (χ4n) is 6.74. The number of rotatable bonds is 6. The number of ether oxygens (including phenoxy) is 1. The molecule has 2 heteroatoms. The normalized spacial score (nSPS) is 39.1. The monoisotopic (exact) mass is 336 g/mol. The molecule has 0 aromatic rings. The summed E-state index contributed by atoms with van der Waals surface area (Å²) in [5.74, 6) is 3.13. The van der Waals surface area contributed by atoms with Crippen LogP contribution in [0.3, 0.4) is 0 Å². The maximum Gasteiger partial charge on any atom is 0.160 e. The van der Waals surface area contributed by atoms with Crippen LogP contribution in [0.15, 0.2) is 0 Å². The van der Waals surface area contributed by atoms with Crippen LogP contribution in [0.2, 0.25) is 0 Å². The number of hydrogen-bond acceptors (Lipinski definition) is 2. The molecule has 2 nitrogen and oxygen atoms in total. The summed E-state index contributed by atoms with van der Waals surface area (Å²) in [7, 11) is 0. The Labute approximate surface area is 149 Å². The molecule has 0 aliphatic heterocycles. The minimum absolute atomic E-state index is 0.0398. The second-order valence-electron chi connectivity index (χ2n) is 9.83. The first kappa shape index (κ1) is 18.7. The van der Waals surface area contributed by atoms with E-state index in [-0.39, 0.29) is 11.0 Å².